The molecule has 1 aromatic carbocycles. The zero-order valence-electron chi connectivity index (χ0n) is 13.3. The molecular formula is C19H18N2O2S. The van der Waals surface area contributed by atoms with E-state index in [2.05, 4.69) is 11.1 Å². The third kappa shape index (κ3) is 2.00. The Morgan fingerprint density at radius 1 is 1.25 bits per heavy atom. The number of carbonyl (C=O) groups is 2. The van der Waals surface area contributed by atoms with Crippen LogP contribution in [0, 0.1) is 0 Å². The van der Waals surface area contributed by atoms with E-state index >= 15 is 0 Å². The lowest BCUT2D eigenvalue weighted by Gasteiger charge is -2.22. The van der Waals surface area contributed by atoms with Crippen LogP contribution < -0.4 is 0 Å². The van der Waals surface area contributed by atoms with Gasteiger partial charge in [-0.05, 0) is 36.8 Å². The number of thiazole rings is 1. The van der Waals surface area contributed by atoms with Gasteiger partial charge >= 0.3 is 0 Å². The number of carbonyl (C=O) groups excluding carboxylic acids is 2. The van der Waals surface area contributed by atoms with Gasteiger partial charge in [0.15, 0.2) is 0 Å². The van der Waals surface area contributed by atoms with Crippen molar-refractivity contribution in [2.75, 3.05) is 0 Å². The van der Waals surface area contributed by atoms with Gasteiger partial charge in [-0.1, -0.05) is 24.3 Å². The monoisotopic (exact) mass is 338 g/mol. The summed E-state index contributed by atoms with van der Waals surface area (Å²) in [6.45, 7) is 0.324. The van der Waals surface area contributed by atoms with Gasteiger partial charge < -0.3 is 0 Å². The van der Waals surface area contributed by atoms with Crippen LogP contribution >= 0.6 is 11.3 Å². The molecule has 2 aliphatic carbocycles. The van der Waals surface area contributed by atoms with Gasteiger partial charge in [0.1, 0.15) is 0 Å². The zero-order chi connectivity index (χ0) is 16.3. The van der Waals surface area contributed by atoms with Crippen molar-refractivity contribution in [3.05, 3.63) is 51.5 Å². The minimum atomic E-state index is -0.622. The number of aromatic nitrogens is 1. The Kier molecular flexibility index (Phi) is 2.98. The van der Waals surface area contributed by atoms with Crippen molar-refractivity contribution >= 4 is 23.2 Å². The molecule has 1 aromatic heterocycles. The maximum Gasteiger partial charge on any atom is 0.240 e. The van der Waals surface area contributed by atoms with Crippen molar-refractivity contribution in [1.29, 1.82) is 0 Å². The van der Waals surface area contributed by atoms with Crippen LogP contribution in [0.1, 0.15) is 53.4 Å². The molecule has 0 radical (unpaired) electrons. The van der Waals surface area contributed by atoms with Crippen molar-refractivity contribution in [2.24, 2.45) is 0 Å². The summed E-state index contributed by atoms with van der Waals surface area (Å²) >= 11 is 1.66. The third-order valence-corrected chi connectivity index (χ3v) is 6.63. The van der Waals surface area contributed by atoms with Crippen molar-refractivity contribution in [3.63, 3.8) is 0 Å². The summed E-state index contributed by atoms with van der Waals surface area (Å²) in [6.07, 6.45) is 4.37. The van der Waals surface area contributed by atoms with Gasteiger partial charge in [-0.2, -0.15) is 0 Å². The molecule has 1 saturated heterocycles. The molecule has 0 N–H and O–H groups in total. The van der Waals surface area contributed by atoms with Crippen LogP contribution in [0.4, 0.5) is 0 Å². The van der Waals surface area contributed by atoms with Crippen molar-refractivity contribution in [1.82, 2.24) is 9.88 Å². The summed E-state index contributed by atoms with van der Waals surface area (Å²) < 4.78 is 0. The van der Waals surface area contributed by atoms with E-state index in [4.69, 9.17) is 0 Å². The molecule has 2 heterocycles. The maximum absolute atomic E-state index is 13.1. The second-order valence-electron chi connectivity index (χ2n) is 7.15. The fraction of sp³-hybridized carbons (Fsp3) is 0.421. The van der Waals surface area contributed by atoms with Gasteiger partial charge in [0.25, 0.3) is 0 Å². The molecule has 1 saturated carbocycles. The quantitative estimate of drug-likeness (QED) is 0.808. The SMILES string of the molecule is O=C1CC2(CCc3ccccc32)C(=O)N1Cc1csc(C2CC2)n1. The summed E-state index contributed by atoms with van der Waals surface area (Å²) in [5.74, 6) is 0.526. The molecule has 1 atom stereocenters. The van der Waals surface area contributed by atoms with Gasteiger partial charge in [-0.15, -0.1) is 11.3 Å². The molecule has 122 valence electrons. The predicted octanol–water partition coefficient (Wildman–Crippen LogP) is 3.16. The summed E-state index contributed by atoms with van der Waals surface area (Å²) in [4.78, 5) is 31.8. The lowest BCUT2D eigenvalue weighted by molar-refractivity contribution is -0.140. The first kappa shape index (κ1) is 14.3. The Hall–Kier alpha value is -2.01. The van der Waals surface area contributed by atoms with Crippen LogP contribution in [0.25, 0.3) is 0 Å². The number of fused-ring (bicyclic) bond motifs is 2. The van der Waals surface area contributed by atoms with Crippen molar-refractivity contribution in [3.8, 4) is 0 Å². The molecular weight excluding hydrogens is 320 g/mol. The minimum Gasteiger partial charge on any atom is -0.276 e. The summed E-state index contributed by atoms with van der Waals surface area (Å²) in [5.41, 5.74) is 2.50. The summed E-state index contributed by atoms with van der Waals surface area (Å²) in [5, 5.41) is 3.16. The number of amides is 2. The molecule has 5 rings (SSSR count). The molecule has 2 fully saturated rings. The van der Waals surface area contributed by atoms with Gasteiger partial charge in [-0.3, -0.25) is 14.5 Å². The van der Waals surface area contributed by atoms with E-state index in [1.807, 2.05) is 23.6 Å². The molecule has 4 nitrogen and oxygen atoms in total. The Balaban J connectivity index is 1.44. The first-order chi connectivity index (χ1) is 11.7. The van der Waals surface area contributed by atoms with Crippen LogP contribution in [-0.4, -0.2) is 21.7 Å². The van der Waals surface area contributed by atoms with Gasteiger partial charge in [0.2, 0.25) is 11.8 Å². The number of rotatable bonds is 3. The highest BCUT2D eigenvalue weighted by Gasteiger charge is 2.55. The highest BCUT2D eigenvalue weighted by atomic mass is 32.1. The average Bonchev–Trinajstić information content (AvgIpc) is 3.15. The number of likely N-dealkylation sites (tertiary alicyclic amines) is 1. The maximum atomic E-state index is 13.1. The average molecular weight is 338 g/mol. The highest BCUT2D eigenvalue weighted by Crippen LogP contribution is 2.47. The lowest BCUT2D eigenvalue weighted by atomic mass is 9.80. The molecule has 2 amide bonds. The normalized spacial score (nSPS) is 25.8. The lowest BCUT2D eigenvalue weighted by Crippen LogP contribution is -2.36. The molecule has 1 spiro atoms. The summed E-state index contributed by atoms with van der Waals surface area (Å²) in [7, 11) is 0. The van der Waals surface area contributed by atoms with E-state index in [0.717, 1.165) is 29.1 Å². The summed E-state index contributed by atoms with van der Waals surface area (Å²) in [6, 6.07) is 8.07. The van der Waals surface area contributed by atoms with Crippen molar-refractivity contribution in [2.45, 2.75) is 50.0 Å². The molecule has 2 aromatic rings. The second kappa shape index (κ2) is 4.99. The molecule has 1 aliphatic heterocycles. The fourth-order valence-corrected chi connectivity index (χ4v) is 5.11. The van der Waals surface area contributed by atoms with E-state index in [1.54, 1.807) is 11.3 Å². The molecule has 24 heavy (non-hydrogen) atoms. The van der Waals surface area contributed by atoms with Crippen LogP contribution in [-0.2, 0) is 28.0 Å². The number of hydrogen-bond donors (Lipinski definition) is 0. The minimum absolute atomic E-state index is 0.0292. The van der Waals surface area contributed by atoms with E-state index in [1.165, 1.54) is 23.3 Å². The van der Waals surface area contributed by atoms with Crippen LogP contribution in [0.5, 0.6) is 0 Å². The Morgan fingerprint density at radius 2 is 2.08 bits per heavy atom. The zero-order valence-corrected chi connectivity index (χ0v) is 14.1. The third-order valence-electron chi connectivity index (χ3n) is 5.58. The fourth-order valence-electron chi connectivity index (χ4n) is 4.13. The topological polar surface area (TPSA) is 50.3 Å². The van der Waals surface area contributed by atoms with Gasteiger partial charge in [0, 0.05) is 17.7 Å². The van der Waals surface area contributed by atoms with E-state index < -0.39 is 5.41 Å². The standard InChI is InChI=1S/C19H18N2O2S/c22-16-9-19(8-7-12-3-1-2-4-15(12)19)18(23)21(16)10-14-11-24-17(20-14)13-5-6-13/h1-4,11,13H,5-10H2. The van der Waals surface area contributed by atoms with E-state index in [-0.39, 0.29) is 11.8 Å². The largest absolute Gasteiger partial charge is 0.276 e. The van der Waals surface area contributed by atoms with Gasteiger partial charge in [-0.25, -0.2) is 4.98 Å². The first-order valence-corrected chi connectivity index (χ1v) is 9.43. The molecule has 1 unspecified atom stereocenters. The molecule has 3 aliphatic rings. The smallest absolute Gasteiger partial charge is 0.240 e. The number of benzene rings is 1. The number of nitrogens with zero attached hydrogens (tertiary/aromatic N) is 2. The van der Waals surface area contributed by atoms with Crippen LogP contribution in [0.15, 0.2) is 29.6 Å². The first-order valence-electron chi connectivity index (χ1n) is 8.55. The Morgan fingerprint density at radius 3 is 2.92 bits per heavy atom. The van der Waals surface area contributed by atoms with Gasteiger partial charge in [0.05, 0.1) is 22.7 Å². The van der Waals surface area contributed by atoms with Crippen LogP contribution in [0.2, 0.25) is 0 Å². The highest BCUT2D eigenvalue weighted by molar-refractivity contribution is 7.09. The molecule has 0 bridgehead atoms. The number of imide groups is 1. The van der Waals surface area contributed by atoms with Crippen LogP contribution in [0.3, 0.4) is 0 Å². The van der Waals surface area contributed by atoms with Crippen molar-refractivity contribution < 1.29 is 9.59 Å². The van der Waals surface area contributed by atoms with E-state index in [0.29, 0.717) is 18.9 Å². The predicted molar refractivity (Wildman–Crippen MR) is 90.7 cm³/mol. The Bertz CT molecular complexity index is 855. The Labute approximate surface area is 144 Å². The number of hydrogen-bond acceptors (Lipinski definition) is 4. The second-order valence-corrected chi connectivity index (χ2v) is 8.04. The molecule has 5 heteroatoms. The number of aryl methyl sites for hydroxylation is 1. The van der Waals surface area contributed by atoms with E-state index in [9.17, 15) is 9.59 Å².